The van der Waals surface area contributed by atoms with E-state index in [9.17, 15) is 18.0 Å². The van der Waals surface area contributed by atoms with Gasteiger partial charge in [-0.15, -0.1) is 0 Å². The Labute approximate surface area is 211 Å². The second kappa shape index (κ2) is 10.0. The molecule has 1 amide bonds. The Morgan fingerprint density at radius 3 is 2.31 bits per heavy atom. The van der Waals surface area contributed by atoms with Crippen LogP contribution in [0.25, 0.3) is 0 Å². The van der Waals surface area contributed by atoms with Gasteiger partial charge < -0.3 is 14.5 Å². The summed E-state index contributed by atoms with van der Waals surface area (Å²) in [7, 11) is 1.97. The normalized spacial score (nSPS) is 21.1. The van der Waals surface area contributed by atoms with E-state index in [0.717, 1.165) is 43.9 Å². The second-order valence-corrected chi connectivity index (χ2v) is 11.5. The summed E-state index contributed by atoms with van der Waals surface area (Å²) in [5, 5.41) is 0. The molecule has 0 saturated heterocycles. The molecular formula is C28H36F3N3O2. The van der Waals surface area contributed by atoms with E-state index < -0.39 is 17.5 Å². The quantitative estimate of drug-likeness (QED) is 0.413. The van der Waals surface area contributed by atoms with Crippen LogP contribution in [-0.4, -0.2) is 52.7 Å². The van der Waals surface area contributed by atoms with E-state index >= 15 is 0 Å². The first kappa shape index (κ1) is 26.5. The molecule has 5 nitrogen and oxygen atoms in total. The maximum Gasteiger partial charge on any atom is 0.433 e. The summed E-state index contributed by atoms with van der Waals surface area (Å²) < 4.78 is 44.3. The molecule has 2 aromatic rings. The molecule has 196 valence electrons. The lowest BCUT2D eigenvalue weighted by molar-refractivity contribution is -0.141. The fourth-order valence-electron chi connectivity index (χ4n) is 5.25. The minimum absolute atomic E-state index is 0.0607. The number of alkyl halides is 3. The molecule has 2 saturated carbocycles. The van der Waals surface area contributed by atoms with Crippen LogP contribution < -0.4 is 0 Å². The summed E-state index contributed by atoms with van der Waals surface area (Å²) in [6, 6.07) is 12.9. The monoisotopic (exact) mass is 503 g/mol. The third-order valence-electron chi connectivity index (χ3n) is 7.11. The van der Waals surface area contributed by atoms with Gasteiger partial charge in [0.15, 0.2) is 0 Å². The van der Waals surface area contributed by atoms with Gasteiger partial charge in [0, 0.05) is 43.2 Å². The predicted octanol–water partition coefficient (Wildman–Crippen LogP) is 6.50. The van der Waals surface area contributed by atoms with E-state index in [0.29, 0.717) is 19.0 Å². The number of pyridine rings is 1. The highest BCUT2D eigenvalue weighted by molar-refractivity contribution is 5.69. The van der Waals surface area contributed by atoms with Gasteiger partial charge in [0.2, 0.25) is 0 Å². The van der Waals surface area contributed by atoms with E-state index in [1.807, 2.05) is 50.9 Å². The summed E-state index contributed by atoms with van der Waals surface area (Å²) in [5.41, 5.74) is 0.455. The minimum Gasteiger partial charge on any atom is -0.444 e. The van der Waals surface area contributed by atoms with Crippen LogP contribution in [0.3, 0.4) is 0 Å². The number of hydrogen-bond donors (Lipinski definition) is 0. The number of amides is 1. The van der Waals surface area contributed by atoms with Gasteiger partial charge in [0.25, 0.3) is 0 Å². The van der Waals surface area contributed by atoms with E-state index in [4.69, 9.17) is 4.74 Å². The van der Waals surface area contributed by atoms with Gasteiger partial charge in [-0.05, 0) is 64.3 Å². The van der Waals surface area contributed by atoms with Gasteiger partial charge in [0.1, 0.15) is 11.3 Å². The number of ether oxygens (including phenoxy) is 1. The van der Waals surface area contributed by atoms with E-state index in [2.05, 4.69) is 22.0 Å². The van der Waals surface area contributed by atoms with Crippen LogP contribution in [0.4, 0.5) is 18.0 Å². The molecule has 4 rings (SSSR count). The third kappa shape index (κ3) is 6.58. The van der Waals surface area contributed by atoms with Gasteiger partial charge in [-0.2, -0.15) is 13.2 Å². The summed E-state index contributed by atoms with van der Waals surface area (Å²) in [6.45, 7) is 7.51. The number of aromatic nitrogens is 1. The molecule has 8 heteroatoms. The van der Waals surface area contributed by atoms with Crippen molar-refractivity contribution in [3.8, 4) is 0 Å². The zero-order valence-electron chi connectivity index (χ0n) is 21.5. The Balaban J connectivity index is 1.44. The van der Waals surface area contributed by atoms with Crippen LogP contribution in [0.15, 0.2) is 48.7 Å². The molecule has 0 aliphatic heterocycles. The van der Waals surface area contributed by atoms with Gasteiger partial charge in [-0.3, -0.25) is 4.98 Å². The first-order valence-electron chi connectivity index (χ1n) is 12.6. The fraction of sp³-hybridized carbons (Fsp3) is 0.571. The highest BCUT2D eigenvalue weighted by Gasteiger charge is 2.50. The van der Waals surface area contributed by atoms with Crippen molar-refractivity contribution in [2.45, 2.75) is 76.7 Å². The maximum absolute atomic E-state index is 13.3. The third-order valence-corrected chi connectivity index (χ3v) is 7.11. The molecule has 2 aliphatic carbocycles. The molecule has 0 radical (unpaired) electrons. The van der Waals surface area contributed by atoms with Crippen molar-refractivity contribution in [3.05, 3.63) is 65.5 Å². The zero-order chi connectivity index (χ0) is 26.1. The second-order valence-electron chi connectivity index (χ2n) is 11.5. The molecular weight excluding hydrogens is 467 g/mol. The van der Waals surface area contributed by atoms with Gasteiger partial charge in [-0.1, -0.05) is 42.8 Å². The smallest absolute Gasteiger partial charge is 0.433 e. The number of benzene rings is 1. The average Bonchev–Trinajstić information content (AvgIpc) is 3.55. The number of hydrogen-bond acceptors (Lipinski definition) is 4. The van der Waals surface area contributed by atoms with Gasteiger partial charge in [-0.25, -0.2) is 4.79 Å². The minimum atomic E-state index is -4.44. The molecule has 0 N–H and O–H groups in total. The number of nitrogens with zero attached hydrogens (tertiary/aromatic N) is 3. The molecule has 0 bridgehead atoms. The van der Waals surface area contributed by atoms with Crippen molar-refractivity contribution in [2.75, 3.05) is 20.1 Å². The number of carbonyl (C=O) groups is 1. The van der Waals surface area contributed by atoms with Crippen molar-refractivity contribution < 1.29 is 22.7 Å². The van der Waals surface area contributed by atoms with Crippen LogP contribution in [0.2, 0.25) is 0 Å². The van der Waals surface area contributed by atoms with Gasteiger partial charge >= 0.3 is 12.3 Å². The lowest BCUT2D eigenvalue weighted by Crippen LogP contribution is -2.52. The molecule has 1 heterocycles. The van der Waals surface area contributed by atoms with Crippen LogP contribution in [0.1, 0.15) is 69.2 Å². The van der Waals surface area contributed by atoms with E-state index in [-0.39, 0.29) is 17.6 Å². The van der Waals surface area contributed by atoms with Crippen molar-refractivity contribution >= 4 is 6.09 Å². The Morgan fingerprint density at radius 1 is 1.08 bits per heavy atom. The maximum atomic E-state index is 13.3. The number of carbonyl (C=O) groups excluding carboxylic acids is 1. The molecule has 1 aromatic heterocycles. The Kier molecular flexibility index (Phi) is 7.37. The topological polar surface area (TPSA) is 45.7 Å². The van der Waals surface area contributed by atoms with E-state index in [1.54, 1.807) is 0 Å². The molecule has 1 unspecified atom stereocenters. The molecule has 36 heavy (non-hydrogen) atoms. The average molecular weight is 504 g/mol. The molecule has 1 aromatic carbocycles. The Bertz CT molecular complexity index is 1030. The lowest BCUT2D eigenvalue weighted by atomic mass is 9.68. The van der Waals surface area contributed by atoms with Crippen LogP contribution >= 0.6 is 0 Å². The molecule has 0 spiro atoms. The molecule has 2 aliphatic rings. The Morgan fingerprint density at radius 2 is 1.78 bits per heavy atom. The number of halogens is 3. The first-order chi connectivity index (χ1) is 16.9. The van der Waals surface area contributed by atoms with Crippen molar-refractivity contribution in [1.29, 1.82) is 0 Å². The van der Waals surface area contributed by atoms with E-state index in [1.165, 1.54) is 17.8 Å². The van der Waals surface area contributed by atoms with Gasteiger partial charge in [0.05, 0.1) is 0 Å². The largest absolute Gasteiger partial charge is 0.444 e. The van der Waals surface area contributed by atoms with Crippen LogP contribution in [-0.2, 0) is 17.5 Å². The van der Waals surface area contributed by atoms with Crippen molar-refractivity contribution in [1.82, 2.24) is 14.8 Å². The van der Waals surface area contributed by atoms with Crippen molar-refractivity contribution in [2.24, 2.45) is 5.41 Å². The standard InChI is InChI=1S/C28H36F3N3O2/c1-26(2,3)36-25(35)34(23-15-22(23)21-9-6-5-7-10-21)19-27(13-8-14-27)18-33(4)17-20-11-12-24(32-16-20)28(29,30)31/h5-7,9-12,16,22-23H,8,13-15,17-19H2,1-4H3/t22?,23-/m0/s1. The highest BCUT2D eigenvalue weighted by atomic mass is 19.4. The highest BCUT2D eigenvalue weighted by Crippen LogP contribution is 2.49. The molecule has 2 atom stereocenters. The van der Waals surface area contributed by atoms with Crippen LogP contribution in [0, 0.1) is 5.41 Å². The lowest BCUT2D eigenvalue weighted by Gasteiger charge is -2.47. The predicted molar refractivity (Wildman–Crippen MR) is 132 cm³/mol. The first-order valence-corrected chi connectivity index (χ1v) is 12.6. The summed E-state index contributed by atoms with van der Waals surface area (Å²) >= 11 is 0. The van der Waals surface area contributed by atoms with Crippen molar-refractivity contribution in [3.63, 3.8) is 0 Å². The molecule has 2 fully saturated rings. The summed E-state index contributed by atoms with van der Waals surface area (Å²) in [4.78, 5) is 21.0. The van der Waals surface area contributed by atoms with Crippen LogP contribution in [0.5, 0.6) is 0 Å². The Hall–Kier alpha value is -2.61. The fourth-order valence-corrected chi connectivity index (χ4v) is 5.25. The number of rotatable bonds is 8. The summed E-state index contributed by atoms with van der Waals surface area (Å²) in [5.74, 6) is 0.312. The SMILES string of the molecule is CN(Cc1ccc(C(F)(F)F)nc1)CC1(CN(C(=O)OC(C)(C)C)[C@H]2CC2c2ccccc2)CCC1. The summed E-state index contributed by atoms with van der Waals surface area (Å²) in [6.07, 6.45) is 0.624. The zero-order valence-corrected chi connectivity index (χ0v) is 21.5.